The summed E-state index contributed by atoms with van der Waals surface area (Å²) in [6.07, 6.45) is 9.43. The van der Waals surface area contributed by atoms with Crippen molar-refractivity contribution in [3.63, 3.8) is 0 Å². The first-order valence-electron chi connectivity index (χ1n) is 10.6. The van der Waals surface area contributed by atoms with Gasteiger partial charge in [0.1, 0.15) is 0 Å². The molecule has 0 aliphatic heterocycles. The number of unbranched alkanes of at least 4 members (excludes halogenated alkanes) is 10. The van der Waals surface area contributed by atoms with E-state index in [2.05, 4.69) is 13.8 Å². The maximum atomic E-state index is 12.1. The molecule has 0 saturated heterocycles. The molecule has 3 N–H and O–H groups in total. The van der Waals surface area contributed by atoms with Crippen LogP contribution >= 0.6 is 0 Å². The molecular formula is C20H38NaO7S+. The summed E-state index contributed by atoms with van der Waals surface area (Å²) < 4.78 is 31.3. The van der Waals surface area contributed by atoms with E-state index in [1.807, 2.05) is 0 Å². The molecule has 0 aromatic carbocycles. The Morgan fingerprint density at radius 2 is 1.21 bits per heavy atom. The molecular weight excluding hydrogens is 407 g/mol. The van der Waals surface area contributed by atoms with E-state index in [-0.39, 0.29) is 48.8 Å². The first kappa shape index (κ1) is 31.0. The second-order valence-electron chi connectivity index (χ2n) is 7.63. The van der Waals surface area contributed by atoms with Crippen molar-refractivity contribution in [2.45, 2.75) is 108 Å². The molecule has 2 atom stereocenters. The van der Waals surface area contributed by atoms with Crippen molar-refractivity contribution in [2.24, 2.45) is 5.92 Å². The number of carbonyl (C=O) groups is 2. The normalized spacial score (nSPS) is 14.6. The average Bonchev–Trinajstić information content (AvgIpc) is 2.60. The third-order valence-corrected chi connectivity index (χ3v) is 7.02. The van der Waals surface area contributed by atoms with E-state index >= 15 is 0 Å². The Labute approximate surface area is 198 Å². The van der Waals surface area contributed by atoms with Gasteiger partial charge in [0, 0.05) is 0 Å². The summed E-state index contributed by atoms with van der Waals surface area (Å²) in [6.45, 7) is 4.14. The maximum absolute atomic E-state index is 12.1. The van der Waals surface area contributed by atoms with E-state index in [1.165, 1.54) is 0 Å². The molecule has 0 bridgehead atoms. The third kappa shape index (κ3) is 10.6. The largest absolute Gasteiger partial charge is 1.00 e. The Hall–Kier alpha value is -0.150. The first-order valence-corrected chi connectivity index (χ1v) is 12.0. The zero-order valence-electron chi connectivity index (χ0n) is 18.4. The van der Waals surface area contributed by atoms with Crippen molar-refractivity contribution in [1.82, 2.24) is 0 Å². The van der Waals surface area contributed by atoms with Crippen molar-refractivity contribution >= 4 is 22.1 Å². The molecule has 166 valence electrons. The Bertz CT molecular complexity index is 565. The van der Waals surface area contributed by atoms with Crippen molar-refractivity contribution in [3.8, 4) is 0 Å². The maximum Gasteiger partial charge on any atom is 1.00 e. The zero-order chi connectivity index (χ0) is 21.6. The zero-order valence-corrected chi connectivity index (χ0v) is 21.2. The molecule has 9 heteroatoms. The van der Waals surface area contributed by atoms with Gasteiger partial charge in [0.25, 0.3) is 10.1 Å². The molecule has 0 fully saturated rings. The number of hydrogen-bond acceptors (Lipinski definition) is 4. The second-order valence-corrected chi connectivity index (χ2v) is 9.31. The SMILES string of the molecule is CCCCCCCCC(C(=O)O)C(CCCCCCCC)(C(=O)O)S(=O)(=O)O.[Na+]. The van der Waals surface area contributed by atoms with Gasteiger partial charge in [-0.3, -0.25) is 14.1 Å². The monoisotopic (exact) mass is 445 g/mol. The standard InChI is InChI=1S/C20H38O7S.Na/c1-3-5-7-9-11-13-15-17(18(21)22)20(19(23)24,28(25,26)27)16-14-12-10-8-6-4-2;/h17H,3-16H2,1-2H3,(H,21,22)(H,23,24)(H,25,26,27);/q;+1. The number of carboxylic acids is 2. The van der Waals surface area contributed by atoms with E-state index in [9.17, 15) is 32.8 Å². The summed E-state index contributed by atoms with van der Waals surface area (Å²) in [4.78, 5) is 23.8. The molecule has 0 radical (unpaired) electrons. The number of hydrogen-bond donors (Lipinski definition) is 3. The number of carboxylic acid groups (broad SMARTS) is 2. The predicted octanol–water partition coefficient (Wildman–Crippen LogP) is 1.90. The van der Waals surface area contributed by atoms with Crippen LogP contribution in [0.15, 0.2) is 0 Å². The Morgan fingerprint density at radius 1 is 0.793 bits per heavy atom. The van der Waals surface area contributed by atoms with Crippen molar-refractivity contribution in [3.05, 3.63) is 0 Å². The van der Waals surface area contributed by atoms with Gasteiger partial charge < -0.3 is 10.2 Å². The van der Waals surface area contributed by atoms with Crippen LogP contribution < -0.4 is 29.6 Å². The molecule has 0 saturated carbocycles. The quantitative estimate of drug-likeness (QED) is 0.167. The van der Waals surface area contributed by atoms with Gasteiger partial charge in [-0.25, -0.2) is 0 Å². The van der Waals surface area contributed by atoms with E-state index in [0.29, 0.717) is 19.3 Å². The van der Waals surface area contributed by atoms with Crippen LogP contribution in [0.1, 0.15) is 104 Å². The third-order valence-electron chi connectivity index (χ3n) is 5.43. The summed E-state index contributed by atoms with van der Waals surface area (Å²) in [6, 6.07) is 0. The molecule has 0 rings (SSSR count). The van der Waals surface area contributed by atoms with Gasteiger partial charge in [-0.1, -0.05) is 90.9 Å². The number of aliphatic carboxylic acids is 2. The van der Waals surface area contributed by atoms with Crippen LogP contribution in [0.4, 0.5) is 0 Å². The minimum Gasteiger partial charge on any atom is -0.481 e. The van der Waals surface area contributed by atoms with Crippen molar-refractivity contribution < 1.29 is 62.3 Å². The molecule has 7 nitrogen and oxygen atoms in total. The summed E-state index contributed by atoms with van der Waals surface area (Å²) in [5.41, 5.74) is 0. The van der Waals surface area contributed by atoms with Gasteiger partial charge in [0.05, 0.1) is 5.92 Å². The summed E-state index contributed by atoms with van der Waals surface area (Å²) >= 11 is 0. The average molecular weight is 446 g/mol. The van der Waals surface area contributed by atoms with Gasteiger partial charge in [-0.15, -0.1) is 0 Å². The van der Waals surface area contributed by atoms with Crippen LogP contribution in [-0.2, 0) is 19.7 Å². The second kappa shape index (κ2) is 16.5. The van der Waals surface area contributed by atoms with E-state index in [4.69, 9.17) is 0 Å². The van der Waals surface area contributed by atoms with Gasteiger partial charge in [0.2, 0.25) is 4.75 Å². The van der Waals surface area contributed by atoms with Crippen LogP contribution in [0.25, 0.3) is 0 Å². The summed E-state index contributed by atoms with van der Waals surface area (Å²) in [5, 5.41) is 19.3. The smallest absolute Gasteiger partial charge is 0.481 e. The molecule has 0 heterocycles. The van der Waals surface area contributed by atoms with Crippen molar-refractivity contribution in [2.75, 3.05) is 0 Å². The fourth-order valence-corrected chi connectivity index (χ4v) is 4.90. The Morgan fingerprint density at radius 3 is 1.59 bits per heavy atom. The summed E-state index contributed by atoms with van der Waals surface area (Å²) in [5.74, 6) is -4.93. The van der Waals surface area contributed by atoms with Gasteiger partial charge >= 0.3 is 41.5 Å². The van der Waals surface area contributed by atoms with Crippen molar-refractivity contribution in [1.29, 1.82) is 0 Å². The minimum absolute atomic E-state index is 0. The molecule has 0 aromatic heterocycles. The minimum atomic E-state index is -5.10. The summed E-state index contributed by atoms with van der Waals surface area (Å²) in [7, 11) is -5.10. The predicted molar refractivity (Wildman–Crippen MR) is 109 cm³/mol. The van der Waals surface area contributed by atoms with E-state index in [0.717, 1.165) is 51.4 Å². The van der Waals surface area contributed by atoms with Crippen LogP contribution in [0, 0.1) is 5.92 Å². The molecule has 0 aromatic rings. The first-order chi connectivity index (χ1) is 13.1. The van der Waals surface area contributed by atoms with Crippen LogP contribution in [0.3, 0.4) is 0 Å². The van der Waals surface area contributed by atoms with Gasteiger partial charge in [-0.05, 0) is 12.8 Å². The fourth-order valence-electron chi connectivity index (χ4n) is 3.70. The van der Waals surface area contributed by atoms with Gasteiger partial charge in [-0.2, -0.15) is 8.42 Å². The Kier molecular flexibility index (Phi) is 17.7. The van der Waals surface area contributed by atoms with E-state index in [1.54, 1.807) is 0 Å². The molecule has 29 heavy (non-hydrogen) atoms. The molecule has 0 amide bonds. The topological polar surface area (TPSA) is 129 Å². The fraction of sp³-hybridized carbons (Fsp3) is 0.900. The van der Waals surface area contributed by atoms with Crippen LogP contribution in [0.5, 0.6) is 0 Å². The molecule has 2 unspecified atom stereocenters. The van der Waals surface area contributed by atoms with Crippen LogP contribution in [0.2, 0.25) is 0 Å². The molecule has 0 spiro atoms. The molecule has 0 aliphatic rings. The molecule has 0 aliphatic carbocycles. The van der Waals surface area contributed by atoms with Gasteiger partial charge in [0.15, 0.2) is 0 Å². The van der Waals surface area contributed by atoms with E-state index < -0.39 is 32.7 Å². The number of rotatable bonds is 18. The van der Waals surface area contributed by atoms with Crippen LogP contribution in [-0.4, -0.2) is 39.9 Å². The Balaban J connectivity index is 0.